The topological polar surface area (TPSA) is 158 Å². The van der Waals surface area contributed by atoms with Crippen molar-refractivity contribution in [2.24, 2.45) is 5.73 Å². The third kappa shape index (κ3) is 8.14. The van der Waals surface area contributed by atoms with E-state index >= 15 is 0 Å². The number of benzene rings is 3. The summed E-state index contributed by atoms with van der Waals surface area (Å²) in [5.74, 6) is -0.282. The predicted octanol–water partition coefficient (Wildman–Crippen LogP) is 4.43. The van der Waals surface area contributed by atoms with Crippen LogP contribution in [-0.4, -0.2) is 55.5 Å². The third-order valence-corrected chi connectivity index (χ3v) is 8.49. The van der Waals surface area contributed by atoms with Crippen molar-refractivity contribution in [3.8, 4) is 0 Å². The second-order valence-corrected chi connectivity index (χ2v) is 11.5. The van der Waals surface area contributed by atoms with Crippen molar-refractivity contribution in [2.75, 3.05) is 24.1 Å². The third-order valence-electron chi connectivity index (χ3n) is 6.70. The average molecular weight is 642 g/mol. The minimum absolute atomic E-state index is 0. The molecule has 1 aromatic heterocycles. The van der Waals surface area contributed by atoms with Crippen LogP contribution in [0.3, 0.4) is 0 Å². The van der Waals surface area contributed by atoms with Gasteiger partial charge in [0, 0.05) is 24.9 Å². The number of halogens is 1. The second-order valence-electron chi connectivity index (χ2n) is 9.68. The number of hydrogen-bond acceptors (Lipinski definition) is 8. The van der Waals surface area contributed by atoms with Gasteiger partial charge in [-0.1, -0.05) is 42.5 Å². The van der Waals surface area contributed by atoms with Gasteiger partial charge in [-0.3, -0.25) is 19.3 Å². The number of nitrogens with zero attached hydrogens (tertiary/aromatic N) is 3. The highest BCUT2D eigenvalue weighted by molar-refractivity contribution is 7.92. The van der Waals surface area contributed by atoms with Gasteiger partial charge in [-0.05, 0) is 56.2 Å². The monoisotopic (exact) mass is 641 g/mol. The van der Waals surface area contributed by atoms with Crippen LogP contribution in [0.2, 0.25) is 0 Å². The highest BCUT2D eigenvalue weighted by atomic mass is 35.5. The molecule has 0 aliphatic carbocycles. The van der Waals surface area contributed by atoms with E-state index in [1.54, 1.807) is 62.4 Å². The number of ether oxygens (including phenoxy) is 2. The van der Waals surface area contributed by atoms with Gasteiger partial charge in [0.15, 0.2) is 0 Å². The number of rotatable bonds is 14. The zero-order valence-corrected chi connectivity index (χ0v) is 26.2. The normalized spacial score (nSPS) is 11.0. The first kappa shape index (κ1) is 34.1. The fraction of sp³-hybridized carbons (Fsp3) is 0.290. The van der Waals surface area contributed by atoms with Gasteiger partial charge in [-0.25, -0.2) is 13.4 Å². The Bertz CT molecular complexity index is 1710. The Hall–Kier alpha value is -4.42. The first-order chi connectivity index (χ1) is 20.6. The van der Waals surface area contributed by atoms with E-state index in [0.29, 0.717) is 42.9 Å². The van der Waals surface area contributed by atoms with Crippen LogP contribution in [0.15, 0.2) is 77.7 Å². The van der Waals surface area contributed by atoms with Gasteiger partial charge in [0.05, 0.1) is 34.8 Å². The molecule has 0 unspecified atom stereocenters. The number of sulfonamides is 1. The number of nitrogen functional groups attached to an aromatic ring is 1. The highest BCUT2D eigenvalue weighted by Crippen LogP contribution is 2.29. The number of nitrogens with two attached hydrogens (primary N) is 1. The van der Waals surface area contributed by atoms with Crippen LogP contribution in [-0.2, 0) is 42.1 Å². The summed E-state index contributed by atoms with van der Waals surface area (Å²) in [5.41, 5.74) is 8.68. The summed E-state index contributed by atoms with van der Waals surface area (Å²) in [7, 11) is -4.11. The summed E-state index contributed by atoms with van der Waals surface area (Å²) < 4.78 is 40.5. The van der Waals surface area contributed by atoms with E-state index in [1.165, 1.54) is 12.1 Å². The van der Waals surface area contributed by atoms with Crippen molar-refractivity contribution >= 4 is 56.9 Å². The molecule has 3 N–H and O–H groups in total. The summed E-state index contributed by atoms with van der Waals surface area (Å²) in [6.45, 7) is 3.81. The SMILES string of the molecule is CCOC(=O)CCCn1c(Cc2ccc(C(=N)N)cc2)nc2cc(N(CC(=O)OCC)S(=O)(=O)c3ccccc3)ccc21.Cl. The van der Waals surface area contributed by atoms with Gasteiger partial charge in [0.25, 0.3) is 10.0 Å². The van der Waals surface area contributed by atoms with E-state index in [4.69, 9.17) is 25.6 Å². The standard InChI is InChI=1S/C31H35N5O6S.ClH/c1-3-41-29(37)11-8-18-35-27-17-16-24(20-26(27)34-28(35)19-22-12-14-23(15-13-22)31(32)33)36(21-30(38)42-4-2)43(39,40)25-9-6-5-7-10-25;/h5-7,9-10,12-17,20H,3-4,8,11,18-19,21H2,1-2H3,(H3,32,33);1H. The van der Waals surface area contributed by atoms with Crippen molar-refractivity contribution in [2.45, 2.75) is 44.6 Å². The Balaban J connectivity index is 0.00000529. The fourth-order valence-electron chi connectivity index (χ4n) is 4.67. The number of aryl methyl sites for hydroxylation is 1. The summed E-state index contributed by atoms with van der Waals surface area (Å²) in [4.78, 5) is 29.4. The Morgan fingerprint density at radius 3 is 2.25 bits per heavy atom. The molecule has 0 spiro atoms. The van der Waals surface area contributed by atoms with Crippen LogP contribution >= 0.6 is 12.4 Å². The largest absolute Gasteiger partial charge is 0.466 e. The molecule has 44 heavy (non-hydrogen) atoms. The van der Waals surface area contributed by atoms with E-state index in [9.17, 15) is 18.0 Å². The highest BCUT2D eigenvalue weighted by Gasteiger charge is 2.28. The van der Waals surface area contributed by atoms with Gasteiger partial charge in [-0.2, -0.15) is 0 Å². The molecule has 4 rings (SSSR count). The lowest BCUT2D eigenvalue weighted by atomic mass is 10.1. The molecule has 0 aliphatic heterocycles. The van der Waals surface area contributed by atoms with Crippen molar-refractivity contribution < 1.29 is 27.5 Å². The Morgan fingerprint density at radius 1 is 0.955 bits per heavy atom. The summed E-state index contributed by atoms with van der Waals surface area (Å²) in [6.07, 6.45) is 1.19. The van der Waals surface area contributed by atoms with Gasteiger partial charge < -0.3 is 19.8 Å². The molecular weight excluding hydrogens is 606 g/mol. The minimum Gasteiger partial charge on any atom is -0.466 e. The summed E-state index contributed by atoms with van der Waals surface area (Å²) in [6, 6.07) is 20.2. The van der Waals surface area contributed by atoms with E-state index in [1.807, 2.05) is 16.7 Å². The summed E-state index contributed by atoms with van der Waals surface area (Å²) >= 11 is 0. The molecule has 13 heteroatoms. The number of amidine groups is 1. The lowest BCUT2D eigenvalue weighted by Gasteiger charge is -2.23. The number of carbonyl (C=O) groups excluding carboxylic acids is 2. The van der Waals surface area contributed by atoms with Crippen LogP contribution < -0.4 is 10.0 Å². The molecule has 0 aliphatic rings. The number of hydrogen-bond donors (Lipinski definition) is 2. The number of esters is 2. The molecule has 11 nitrogen and oxygen atoms in total. The molecule has 0 bridgehead atoms. The minimum atomic E-state index is -4.11. The average Bonchev–Trinajstić information content (AvgIpc) is 3.32. The van der Waals surface area contributed by atoms with Gasteiger partial charge in [-0.15, -0.1) is 12.4 Å². The first-order valence-electron chi connectivity index (χ1n) is 14.0. The molecule has 0 saturated carbocycles. The maximum Gasteiger partial charge on any atom is 0.326 e. The number of nitrogens with one attached hydrogen (secondary N) is 1. The number of aromatic nitrogens is 2. The molecule has 0 fully saturated rings. The van der Waals surface area contributed by atoms with Crippen molar-refractivity contribution in [3.63, 3.8) is 0 Å². The van der Waals surface area contributed by atoms with Crippen LogP contribution in [0.5, 0.6) is 0 Å². The predicted molar refractivity (Wildman–Crippen MR) is 171 cm³/mol. The first-order valence-corrected chi connectivity index (χ1v) is 15.4. The number of fused-ring (bicyclic) bond motifs is 1. The molecule has 234 valence electrons. The van der Waals surface area contributed by atoms with Crippen LogP contribution in [0, 0.1) is 5.41 Å². The molecule has 0 atom stereocenters. The lowest BCUT2D eigenvalue weighted by Crippen LogP contribution is -2.36. The van der Waals surface area contributed by atoms with Crippen LogP contribution in [0.25, 0.3) is 11.0 Å². The Labute approximate surface area is 262 Å². The molecule has 0 radical (unpaired) electrons. The van der Waals surface area contributed by atoms with E-state index in [-0.39, 0.29) is 47.8 Å². The number of carbonyl (C=O) groups is 2. The van der Waals surface area contributed by atoms with E-state index in [2.05, 4.69) is 0 Å². The lowest BCUT2D eigenvalue weighted by molar-refractivity contribution is -0.143. The van der Waals surface area contributed by atoms with Crippen LogP contribution in [0.1, 0.15) is 43.6 Å². The quantitative estimate of drug-likeness (QED) is 0.116. The van der Waals surface area contributed by atoms with Gasteiger partial charge in [0.2, 0.25) is 0 Å². The fourth-order valence-corrected chi connectivity index (χ4v) is 6.09. The van der Waals surface area contributed by atoms with Gasteiger partial charge in [0.1, 0.15) is 18.2 Å². The zero-order valence-electron chi connectivity index (χ0n) is 24.6. The molecule has 1 heterocycles. The smallest absolute Gasteiger partial charge is 0.326 e. The maximum atomic E-state index is 13.7. The molecular formula is C31H36ClN5O6S. The second kappa shape index (κ2) is 15.3. The number of anilines is 1. The molecule has 0 amide bonds. The van der Waals surface area contributed by atoms with Crippen molar-refractivity contribution in [1.29, 1.82) is 5.41 Å². The molecule has 4 aromatic rings. The zero-order chi connectivity index (χ0) is 31.0. The number of imidazole rings is 1. The van der Waals surface area contributed by atoms with E-state index in [0.717, 1.165) is 15.4 Å². The Kier molecular flexibility index (Phi) is 11.9. The maximum absolute atomic E-state index is 13.7. The van der Waals surface area contributed by atoms with Gasteiger partial charge >= 0.3 is 11.9 Å². The molecule has 3 aromatic carbocycles. The van der Waals surface area contributed by atoms with Crippen molar-refractivity contribution in [1.82, 2.24) is 9.55 Å². The Morgan fingerprint density at radius 2 is 1.61 bits per heavy atom. The van der Waals surface area contributed by atoms with Crippen molar-refractivity contribution in [3.05, 3.63) is 89.7 Å². The summed E-state index contributed by atoms with van der Waals surface area (Å²) in [5, 5.41) is 7.64. The molecule has 0 saturated heterocycles. The van der Waals surface area contributed by atoms with Crippen LogP contribution in [0.4, 0.5) is 5.69 Å². The van der Waals surface area contributed by atoms with E-state index < -0.39 is 22.5 Å².